The van der Waals surface area contributed by atoms with Crippen LogP contribution in [0, 0.1) is 22.7 Å². The van der Waals surface area contributed by atoms with Crippen molar-refractivity contribution in [2.75, 3.05) is 12.5 Å². The zero-order chi connectivity index (χ0) is 26.8. The molecule has 198 valence electrons. The second-order valence-corrected chi connectivity index (χ2v) is 12.8. The maximum Gasteiger partial charge on any atom is 0.188 e. The Morgan fingerprint density at radius 3 is 2.54 bits per heavy atom. The molecule has 0 amide bonds. The first kappa shape index (κ1) is 27.1. The van der Waals surface area contributed by atoms with E-state index in [2.05, 4.69) is 0 Å². The van der Waals surface area contributed by atoms with Crippen LogP contribution in [0.2, 0.25) is 0 Å². The van der Waals surface area contributed by atoms with Crippen LogP contribution in [-0.2, 0) is 14.3 Å². The third-order valence-electron chi connectivity index (χ3n) is 9.85. The fourth-order valence-corrected chi connectivity index (χ4v) is 9.24. The highest BCUT2D eigenvalue weighted by molar-refractivity contribution is 6.34. The molecule has 1 aromatic rings. The molecule has 4 aliphatic rings. The van der Waals surface area contributed by atoms with Crippen molar-refractivity contribution >= 4 is 52.2 Å². The van der Waals surface area contributed by atoms with Crippen LogP contribution in [0.25, 0.3) is 0 Å². The maximum absolute atomic E-state index is 13.3. The van der Waals surface area contributed by atoms with Crippen LogP contribution in [0.15, 0.2) is 54.1 Å². The molecule has 8 heteroatoms. The van der Waals surface area contributed by atoms with Crippen LogP contribution in [0.3, 0.4) is 0 Å². The Kier molecular flexibility index (Phi) is 6.81. The van der Waals surface area contributed by atoms with Gasteiger partial charge in [-0.25, -0.2) is 0 Å². The van der Waals surface area contributed by atoms with Gasteiger partial charge in [0, 0.05) is 16.4 Å². The summed E-state index contributed by atoms with van der Waals surface area (Å²) in [5, 5.41) is 11.5. The summed E-state index contributed by atoms with van der Waals surface area (Å²) in [6.07, 6.45) is 6.10. The molecule has 5 nitrogen and oxygen atoms in total. The summed E-state index contributed by atoms with van der Waals surface area (Å²) >= 11 is 20.7. The van der Waals surface area contributed by atoms with Crippen molar-refractivity contribution in [2.24, 2.45) is 22.7 Å². The van der Waals surface area contributed by atoms with Crippen molar-refractivity contribution in [3.05, 3.63) is 59.7 Å². The Bertz CT molecular complexity index is 1200. The van der Waals surface area contributed by atoms with Gasteiger partial charge < -0.3 is 9.84 Å². The van der Waals surface area contributed by atoms with Crippen LogP contribution in [0.1, 0.15) is 49.9 Å². The number of Topliss-reactive ketones (excluding diaryl/α,β-unsaturated/α-hetero) is 2. The van der Waals surface area contributed by atoms with Gasteiger partial charge in [-0.1, -0.05) is 55.8 Å². The highest BCUT2D eigenvalue weighted by Crippen LogP contribution is 2.71. The van der Waals surface area contributed by atoms with Gasteiger partial charge in [0.05, 0.1) is 22.2 Å². The molecule has 4 aliphatic carbocycles. The van der Waals surface area contributed by atoms with E-state index < -0.39 is 38.6 Å². The second kappa shape index (κ2) is 9.31. The minimum Gasteiger partial charge on any atom is -0.379 e. The van der Waals surface area contributed by atoms with Crippen molar-refractivity contribution in [3.8, 4) is 0 Å². The van der Waals surface area contributed by atoms with E-state index in [1.165, 1.54) is 0 Å². The number of rotatable bonds is 6. The zero-order valence-corrected chi connectivity index (χ0v) is 23.2. The molecule has 5 rings (SSSR count). The predicted octanol–water partition coefficient (Wildman–Crippen LogP) is 5.29. The summed E-state index contributed by atoms with van der Waals surface area (Å²) in [5.41, 5.74) is -2.06. The SMILES string of the molecule is C[C@]12C=CC(=O)C=C1CC[C@H]1[C@@H]3CC(OCC(=O)c4ccccc4)[C@](O)(C(=O)CCl)[C@@]3(C)CC(Cl)[C@@]12Cl. The summed E-state index contributed by atoms with van der Waals surface area (Å²) < 4.78 is 6.07. The molecule has 1 aromatic carbocycles. The molecular weight excluding hydrogens is 535 g/mol. The van der Waals surface area contributed by atoms with Crippen molar-refractivity contribution < 1.29 is 24.2 Å². The number of ketones is 3. The van der Waals surface area contributed by atoms with E-state index in [9.17, 15) is 19.5 Å². The topological polar surface area (TPSA) is 80.7 Å². The molecule has 1 N–H and O–H groups in total. The lowest BCUT2D eigenvalue weighted by Gasteiger charge is -2.63. The van der Waals surface area contributed by atoms with Gasteiger partial charge in [-0.2, -0.15) is 0 Å². The Balaban J connectivity index is 1.51. The third kappa shape index (κ3) is 3.68. The van der Waals surface area contributed by atoms with Crippen LogP contribution in [0.4, 0.5) is 0 Å². The van der Waals surface area contributed by atoms with Crippen LogP contribution in [0.5, 0.6) is 0 Å². The minimum atomic E-state index is -1.92. The molecule has 0 radical (unpaired) electrons. The Labute approximate surface area is 232 Å². The lowest BCUT2D eigenvalue weighted by Crippen LogP contribution is -2.68. The van der Waals surface area contributed by atoms with E-state index in [4.69, 9.17) is 39.5 Å². The summed E-state index contributed by atoms with van der Waals surface area (Å²) in [6.45, 7) is 3.63. The molecule has 3 fully saturated rings. The summed E-state index contributed by atoms with van der Waals surface area (Å²) in [5.74, 6) is -1.59. The fourth-order valence-electron chi connectivity index (χ4n) is 7.81. The fraction of sp³-hybridized carbons (Fsp3) is 0.552. The van der Waals surface area contributed by atoms with Gasteiger partial charge in [0.15, 0.2) is 23.0 Å². The van der Waals surface area contributed by atoms with Gasteiger partial charge in [-0.05, 0) is 49.7 Å². The standard InChI is InChI=1S/C29H31Cl3O5/c1-26-11-10-19(33)12-18(26)8-9-20-21-13-25(37-16-22(34)17-6-4-3-5-7-17)29(36,24(35)15-30)27(21,2)14-23(31)28(20,26)32/h3-7,10-12,20-21,23,25,36H,8-9,13-16H2,1-2H3/t20-,21-,23?,25?,26-,27-,28-,29+/m0/s1. The summed E-state index contributed by atoms with van der Waals surface area (Å²) in [4.78, 5) is 37.3. The molecular formula is C29H31Cl3O5. The molecule has 3 saturated carbocycles. The van der Waals surface area contributed by atoms with Crippen molar-refractivity contribution in [1.82, 2.24) is 0 Å². The van der Waals surface area contributed by atoms with Gasteiger partial charge in [0.2, 0.25) is 0 Å². The number of aliphatic hydroxyl groups is 1. The van der Waals surface area contributed by atoms with Crippen molar-refractivity contribution in [3.63, 3.8) is 0 Å². The average molecular weight is 566 g/mol. The molecule has 0 aromatic heterocycles. The van der Waals surface area contributed by atoms with Gasteiger partial charge in [0.1, 0.15) is 6.61 Å². The highest BCUT2D eigenvalue weighted by atomic mass is 35.5. The molecule has 0 saturated heterocycles. The van der Waals surface area contributed by atoms with Crippen LogP contribution < -0.4 is 0 Å². The van der Waals surface area contributed by atoms with E-state index in [-0.39, 0.29) is 42.3 Å². The van der Waals surface area contributed by atoms with Crippen LogP contribution >= 0.6 is 34.8 Å². The number of benzene rings is 1. The predicted molar refractivity (Wildman–Crippen MR) is 143 cm³/mol. The number of halogens is 3. The monoisotopic (exact) mass is 564 g/mol. The normalized spacial score (nSPS) is 42.4. The van der Waals surface area contributed by atoms with Gasteiger partial charge in [-0.3, -0.25) is 14.4 Å². The van der Waals surface area contributed by atoms with E-state index in [1.807, 2.05) is 26.0 Å². The number of carbonyl (C=O) groups excluding carboxylic acids is 3. The second-order valence-electron chi connectivity index (χ2n) is 11.4. The Morgan fingerprint density at radius 2 is 1.86 bits per heavy atom. The number of ether oxygens (including phenoxy) is 1. The number of carbonyl (C=O) groups is 3. The molecule has 0 heterocycles. The molecule has 8 atom stereocenters. The Morgan fingerprint density at radius 1 is 1.16 bits per heavy atom. The van der Waals surface area contributed by atoms with Crippen molar-refractivity contribution in [2.45, 2.75) is 61.5 Å². The summed E-state index contributed by atoms with van der Waals surface area (Å²) in [7, 11) is 0. The molecule has 0 spiro atoms. The first-order valence-electron chi connectivity index (χ1n) is 12.7. The number of alkyl halides is 3. The van der Waals surface area contributed by atoms with Crippen LogP contribution in [-0.4, -0.2) is 56.9 Å². The molecule has 2 unspecified atom stereocenters. The van der Waals surface area contributed by atoms with Gasteiger partial charge in [0.25, 0.3) is 0 Å². The lowest BCUT2D eigenvalue weighted by molar-refractivity contribution is -0.175. The largest absolute Gasteiger partial charge is 0.379 e. The third-order valence-corrected chi connectivity index (χ3v) is 11.6. The highest BCUT2D eigenvalue weighted by Gasteiger charge is 2.75. The van der Waals surface area contributed by atoms with Crippen molar-refractivity contribution in [1.29, 1.82) is 0 Å². The van der Waals surface area contributed by atoms with E-state index in [1.54, 1.807) is 36.4 Å². The number of fused-ring (bicyclic) bond motifs is 5. The number of allylic oxidation sites excluding steroid dienone is 4. The van der Waals surface area contributed by atoms with Gasteiger partial charge in [-0.15, -0.1) is 34.8 Å². The zero-order valence-electron chi connectivity index (χ0n) is 20.9. The lowest BCUT2D eigenvalue weighted by atomic mass is 9.46. The van der Waals surface area contributed by atoms with E-state index >= 15 is 0 Å². The molecule has 0 aliphatic heterocycles. The molecule has 0 bridgehead atoms. The maximum atomic E-state index is 13.3. The van der Waals surface area contributed by atoms with E-state index in [0.717, 1.165) is 5.57 Å². The summed E-state index contributed by atoms with van der Waals surface area (Å²) in [6, 6.07) is 8.77. The molecule has 37 heavy (non-hydrogen) atoms. The minimum absolute atomic E-state index is 0.0579. The quantitative estimate of drug-likeness (QED) is 0.374. The smallest absolute Gasteiger partial charge is 0.188 e. The average Bonchev–Trinajstić information content (AvgIpc) is 3.11. The number of hydrogen-bond acceptors (Lipinski definition) is 5. The first-order valence-corrected chi connectivity index (χ1v) is 14.1. The van der Waals surface area contributed by atoms with E-state index in [0.29, 0.717) is 24.8 Å². The van der Waals surface area contributed by atoms with Gasteiger partial charge >= 0.3 is 0 Å². The number of hydrogen-bond donors (Lipinski definition) is 1. The first-order chi connectivity index (χ1) is 17.4. The Hall–Kier alpha value is -1.50.